The van der Waals surface area contributed by atoms with Gasteiger partial charge in [0, 0.05) is 6.61 Å². The highest BCUT2D eigenvalue weighted by Gasteiger charge is 2.34. The van der Waals surface area contributed by atoms with Crippen molar-refractivity contribution in [2.75, 3.05) is 20.3 Å². The van der Waals surface area contributed by atoms with Crippen molar-refractivity contribution in [3.63, 3.8) is 0 Å². The van der Waals surface area contributed by atoms with Crippen molar-refractivity contribution in [3.8, 4) is 11.5 Å². The fourth-order valence-electron chi connectivity index (χ4n) is 3.92. The molecule has 1 amide bonds. The monoisotopic (exact) mass is 511 g/mol. The molecule has 2 aromatic carbocycles. The Kier molecular flexibility index (Phi) is 7.64. The molecule has 184 valence electrons. The lowest BCUT2D eigenvalue weighted by atomic mass is 9.87. The van der Waals surface area contributed by atoms with Gasteiger partial charge in [-0.1, -0.05) is 63.0 Å². The van der Waals surface area contributed by atoms with Crippen molar-refractivity contribution >= 4 is 46.3 Å². The van der Waals surface area contributed by atoms with Crippen LogP contribution in [0.1, 0.15) is 55.1 Å². The maximum atomic E-state index is 12.9. The van der Waals surface area contributed by atoms with E-state index in [9.17, 15) is 9.59 Å². The minimum Gasteiger partial charge on any atom is -0.493 e. The molecule has 0 radical (unpaired) electrons. The van der Waals surface area contributed by atoms with Crippen molar-refractivity contribution in [3.05, 3.63) is 64.1 Å². The number of rotatable bonds is 6. The van der Waals surface area contributed by atoms with Crippen LogP contribution in [-0.2, 0) is 14.9 Å². The Bertz CT molecular complexity index is 1160. The van der Waals surface area contributed by atoms with E-state index in [1.807, 2.05) is 12.1 Å². The first-order valence-corrected chi connectivity index (χ1v) is 12.8. The van der Waals surface area contributed by atoms with Gasteiger partial charge in [-0.15, -0.1) is 0 Å². The zero-order chi connectivity index (χ0) is 25.2. The Morgan fingerprint density at radius 2 is 1.94 bits per heavy atom. The molecule has 2 aliphatic rings. The zero-order valence-corrected chi connectivity index (χ0v) is 22.0. The number of thioether (sulfide) groups is 1. The summed E-state index contributed by atoms with van der Waals surface area (Å²) in [5, 5.41) is 0. The molecule has 0 aliphatic carbocycles. The number of amides is 1. The van der Waals surface area contributed by atoms with Crippen LogP contribution >= 0.6 is 24.0 Å². The molecule has 0 spiro atoms. The van der Waals surface area contributed by atoms with Crippen molar-refractivity contribution in [2.24, 2.45) is 0 Å². The van der Waals surface area contributed by atoms with Crippen LogP contribution in [0.2, 0.25) is 0 Å². The zero-order valence-electron chi connectivity index (χ0n) is 20.3. The minimum absolute atomic E-state index is 0.0000323. The Morgan fingerprint density at radius 1 is 1.20 bits per heavy atom. The van der Waals surface area contributed by atoms with Gasteiger partial charge in [0.1, 0.15) is 4.32 Å². The number of nitrogens with zero attached hydrogens (tertiary/aromatic N) is 1. The van der Waals surface area contributed by atoms with Crippen LogP contribution < -0.4 is 9.47 Å². The first-order chi connectivity index (χ1) is 16.7. The Morgan fingerprint density at radius 3 is 2.57 bits per heavy atom. The van der Waals surface area contributed by atoms with Crippen molar-refractivity contribution in [1.29, 1.82) is 0 Å². The van der Waals surface area contributed by atoms with Gasteiger partial charge in [0.2, 0.25) is 0 Å². The van der Waals surface area contributed by atoms with Crippen LogP contribution in [-0.4, -0.2) is 47.5 Å². The molecule has 2 fully saturated rings. The van der Waals surface area contributed by atoms with E-state index in [4.69, 9.17) is 26.4 Å². The second-order valence-electron chi connectivity index (χ2n) is 9.55. The number of carbonyl (C=O) groups is 2. The molecule has 2 aromatic rings. The van der Waals surface area contributed by atoms with E-state index >= 15 is 0 Å². The molecule has 8 heteroatoms. The summed E-state index contributed by atoms with van der Waals surface area (Å²) in [6.45, 7) is 7.57. The van der Waals surface area contributed by atoms with E-state index in [1.54, 1.807) is 41.3 Å². The van der Waals surface area contributed by atoms with Gasteiger partial charge in [-0.05, 0) is 59.7 Å². The average molecular weight is 512 g/mol. The predicted molar refractivity (Wildman–Crippen MR) is 142 cm³/mol. The first kappa shape index (κ1) is 25.4. The molecule has 2 aliphatic heterocycles. The maximum absolute atomic E-state index is 12.9. The molecule has 2 saturated heterocycles. The van der Waals surface area contributed by atoms with Crippen molar-refractivity contribution in [1.82, 2.24) is 4.90 Å². The minimum atomic E-state index is -0.466. The number of carbonyl (C=O) groups excluding carboxylic acids is 2. The number of hydrogen-bond acceptors (Lipinski definition) is 7. The molecule has 0 N–H and O–H groups in total. The van der Waals surface area contributed by atoms with Gasteiger partial charge in [-0.25, -0.2) is 4.79 Å². The molecule has 35 heavy (non-hydrogen) atoms. The van der Waals surface area contributed by atoms with Crippen LogP contribution in [0.25, 0.3) is 6.08 Å². The number of methoxy groups -OCH3 is 1. The lowest BCUT2D eigenvalue weighted by Gasteiger charge is -2.19. The van der Waals surface area contributed by atoms with Gasteiger partial charge in [-0.3, -0.25) is 9.69 Å². The Hall–Kier alpha value is -2.68. The van der Waals surface area contributed by atoms with Crippen LogP contribution in [0.4, 0.5) is 0 Å². The second kappa shape index (κ2) is 10.5. The third kappa shape index (κ3) is 5.94. The first-order valence-electron chi connectivity index (χ1n) is 11.5. The van der Waals surface area contributed by atoms with Crippen LogP contribution in [0.15, 0.2) is 47.4 Å². The highest BCUT2D eigenvalue weighted by Crippen LogP contribution is 2.35. The Labute approximate surface area is 215 Å². The summed E-state index contributed by atoms with van der Waals surface area (Å²) in [4.78, 5) is 27.8. The molecule has 2 heterocycles. The van der Waals surface area contributed by atoms with E-state index in [0.29, 0.717) is 32.8 Å². The number of esters is 1. The second-order valence-corrected chi connectivity index (χ2v) is 11.2. The molecule has 0 bridgehead atoms. The van der Waals surface area contributed by atoms with E-state index in [0.717, 1.165) is 30.6 Å². The van der Waals surface area contributed by atoms with Gasteiger partial charge in [0.05, 0.1) is 30.2 Å². The molecule has 4 rings (SSSR count). The fraction of sp³-hybridized carbons (Fsp3) is 0.370. The summed E-state index contributed by atoms with van der Waals surface area (Å²) in [5.74, 6) is 0.115. The molecule has 1 atom stereocenters. The predicted octanol–water partition coefficient (Wildman–Crippen LogP) is 5.59. The van der Waals surface area contributed by atoms with Crippen LogP contribution in [0, 0.1) is 0 Å². The number of ether oxygens (including phenoxy) is 3. The van der Waals surface area contributed by atoms with Crippen molar-refractivity contribution in [2.45, 2.75) is 45.1 Å². The molecule has 0 unspecified atom stereocenters. The normalized spacial score (nSPS) is 19.5. The Balaban J connectivity index is 1.47. The van der Waals surface area contributed by atoms with Crippen LogP contribution in [0.3, 0.4) is 0 Å². The number of benzene rings is 2. The number of hydrogen-bond donors (Lipinski definition) is 0. The third-order valence-electron chi connectivity index (χ3n) is 5.96. The summed E-state index contributed by atoms with van der Waals surface area (Å²) in [6, 6.07) is 12.6. The smallest absolute Gasteiger partial charge is 0.343 e. The van der Waals surface area contributed by atoms with E-state index in [2.05, 4.69) is 20.8 Å². The molecular formula is C27H29NO5S2. The van der Waals surface area contributed by atoms with E-state index in [1.165, 1.54) is 18.9 Å². The quantitative estimate of drug-likeness (QED) is 0.217. The van der Waals surface area contributed by atoms with Crippen LogP contribution in [0.5, 0.6) is 11.5 Å². The average Bonchev–Trinajstić information content (AvgIpc) is 3.43. The largest absolute Gasteiger partial charge is 0.493 e. The standard InChI is InChI=1S/C27H29NO5S2/c1-27(2,3)19-10-8-18(9-11-19)25(30)33-21-12-7-17(14-22(21)31-4)15-23-24(29)28(26(34)35-23)16-20-6-5-13-32-20/h7-12,14-15,20H,5-6,13,16H2,1-4H3/b23-15+/t20-/m1/s1. The molecular weight excluding hydrogens is 482 g/mol. The summed E-state index contributed by atoms with van der Waals surface area (Å²) in [7, 11) is 1.51. The molecule has 6 nitrogen and oxygen atoms in total. The number of thiocarbonyl (C=S) groups is 1. The van der Waals surface area contributed by atoms with Gasteiger partial charge < -0.3 is 14.2 Å². The lowest BCUT2D eigenvalue weighted by Crippen LogP contribution is -2.35. The SMILES string of the molecule is COc1cc(/C=C2/SC(=S)N(C[C@H]3CCCO3)C2=O)ccc1OC(=O)c1ccc(C(C)(C)C)cc1. The maximum Gasteiger partial charge on any atom is 0.343 e. The third-order valence-corrected chi connectivity index (χ3v) is 7.34. The van der Waals surface area contributed by atoms with E-state index < -0.39 is 5.97 Å². The summed E-state index contributed by atoms with van der Waals surface area (Å²) in [5.41, 5.74) is 2.34. The van der Waals surface area contributed by atoms with Gasteiger partial charge >= 0.3 is 5.97 Å². The summed E-state index contributed by atoms with van der Waals surface area (Å²) < 4.78 is 17.2. The lowest BCUT2D eigenvalue weighted by molar-refractivity contribution is -0.123. The summed E-state index contributed by atoms with van der Waals surface area (Å²) >= 11 is 6.70. The van der Waals surface area contributed by atoms with E-state index in [-0.39, 0.29) is 17.4 Å². The van der Waals surface area contributed by atoms with Gasteiger partial charge in [0.25, 0.3) is 5.91 Å². The van der Waals surface area contributed by atoms with Gasteiger partial charge in [0.15, 0.2) is 11.5 Å². The fourth-order valence-corrected chi connectivity index (χ4v) is 5.20. The van der Waals surface area contributed by atoms with Gasteiger partial charge in [-0.2, -0.15) is 0 Å². The topological polar surface area (TPSA) is 65.1 Å². The van der Waals surface area contributed by atoms with Crippen molar-refractivity contribution < 1.29 is 23.8 Å². The summed E-state index contributed by atoms with van der Waals surface area (Å²) in [6.07, 6.45) is 3.76. The molecule has 0 saturated carbocycles. The molecule has 0 aromatic heterocycles. The highest BCUT2D eigenvalue weighted by atomic mass is 32.2. The highest BCUT2D eigenvalue weighted by molar-refractivity contribution is 8.26.